The standard InChI is InChI=1S/C15H20N4O4/c1-10-8-17-13(9-16-10)15(22)23-11(2)14(21)19-6-4-18(5-7-19)12(3)20/h8-9,11H,4-7H2,1-3H3/t11-/m1/s1. The zero-order valence-electron chi connectivity index (χ0n) is 13.5. The van der Waals surface area contributed by atoms with Crippen molar-refractivity contribution in [2.45, 2.75) is 26.9 Å². The van der Waals surface area contributed by atoms with Crippen molar-refractivity contribution in [3.05, 3.63) is 23.8 Å². The van der Waals surface area contributed by atoms with E-state index in [4.69, 9.17) is 4.74 Å². The summed E-state index contributed by atoms with van der Waals surface area (Å²) in [5.41, 5.74) is 0.755. The number of aromatic nitrogens is 2. The highest BCUT2D eigenvalue weighted by molar-refractivity contribution is 5.90. The molecule has 1 aromatic heterocycles. The lowest BCUT2D eigenvalue weighted by Gasteiger charge is -2.35. The van der Waals surface area contributed by atoms with Crippen LogP contribution in [0.25, 0.3) is 0 Å². The Kier molecular flexibility index (Phi) is 5.25. The fraction of sp³-hybridized carbons (Fsp3) is 0.533. The minimum Gasteiger partial charge on any atom is -0.448 e. The van der Waals surface area contributed by atoms with Gasteiger partial charge in [0.05, 0.1) is 11.9 Å². The number of piperazine rings is 1. The third kappa shape index (κ3) is 4.24. The quantitative estimate of drug-likeness (QED) is 0.729. The third-order valence-corrected chi connectivity index (χ3v) is 3.66. The molecule has 0 radical (unpaired) electrons. The van der Waals surface area contributed by atoms with Crippen molar-refractivity contribution < 1.29 is 19.1 Å². The van der Waals surface area contributed by atoms with Crippen LogP contribution < -0.4 is 0 Å². The van der Waals surface area contributed by atoms with Gasteiger partial charge in [-0.15, -0.1) is 0 Å². The predicted octanol–water partition coefficient (Wildman–Crippen LogP) is 0.0210. The number of carbonyl (C=O) groups is 3. The molecule has 124 valence electrons. The van der Waals surface area contributed by atoms with Crippen LogP contribution in [0.2, 0.25) is 0 Å². The molecule has 2 amide bonds. The van der Waals surface area contributed by atoms with E-state index in [1.807, 2.05) is 0 Å². The average Bonchev–Trinajstić information content (AvgIpc) is 2.54. The van der Waals surface area contributed by atoms with Gasteiger partial charge in [-0.25, -0.2) is 9.78 Å². The number of rotatable bonds is 3. The van der Waals surface area contributed by atoms with Crippen molar-refractivity contribution in [1.82, 2.24) is 19.8 Å². The van der Waals surface area contributed by atoms with Crippen molar-refractivity contribution in [3.63, 3.8) is 0 Å². The minimum atomic E-state index is -0.908. The number of ether oxygens (including phenoxy) is 1. The summed E-state index contributed by atoms with van der Waals surface area (Å²) in [7, 11) is 0. The molecular formula is C15H20N4O4. The first-order chi connectivity index (χ1) is 10.9. The smallest absolute Gasteiger partial charge is 0.359 e. The molecule has 1 aliphatic rings. The molecule has 0 N–H and O–H groups in total. The molecule has 0 bridgehead atoms. The summed E-state index contributed by atoms with van der Waals surface area (Å²) < 4.78 is 5.15. The maximum absolute atomic E-state index is 12.3. The molecule has 8 nitrogen and oxygen atoms in total. The van der Waals surface area contributed by atoms with E-state index >= 15 is 0 Å². The average molecular weight is 320 g/mol. The predicted molar refractivity (Wildman–Crippen MR) is 80.5 cm³/mol. The Morgan fingerprint density at radius 2 is 1.70 bits per heavy atom. The molecule has 0 saturated carbocycles. The molecule has 2 heterocycles. The lowest BCUT2D eigenvalue weighted by Crippen LogP contribution is -2.52. The van der Waals surface area contributed by atoms with Gasteiger partial charge in [-0.3, -0.25) is 14.6 Å². The Balaban J connectivity index is 1.89. The summed E-state index contributed by atoms with van der Waals surface area (Å²) in [6.45, 7) is 6.64. The molecule has 23 heavy (non-hydrogen) atoms. The van der Waals surface area contributed by atoms with E-state index in [-0.39, 0.29) is 17.5 Å². The lowest BCUT2D eigenvalue weighted by atomic mass is 10.2. The lowest BCUT2D eigenvalue weighted by molar-refractivity contribution is -0.144. The van der Waals surface area contributed by atoms with Crippen LogP contribution in [0, 0.1) is 6.92 Å². The van der Waals surface area contributed by atoms with Gasteiger partial charge in [-0.1, -0.05) is 0 Å². The van der Waals surface area contributed by atoms with Crippen LogP contribution >= 0.6 is 0 Å². The topological polar surface area (TPSA) is 92.7 Å². The summed E-state index contributed by atoms with van der Waals surface area (Å²) >= 11 is 0. The molecule has 0 unspecified atom stereocenters. The number of carbonyl (C=O) groups excluding carboxylic acids is 3. The van der Waals surface area contributed by atoms with Gasteiger partial charge in [-0.2, -0.15) is 0 Å². The van der Waals surface area contributed by atoms with E-state index < -0.39 is 12.1 Å². The first-order valence-electron chi connectivity index (χ1n) is 7.42. The Morgan fingerprint density at radius 3 is 2.22 bits per heavy atom. The molecule has 0 aliphatic carbocycles. The molecule has 0 aromatic carbocycles. The summed E-state index contributed by atoms with van der Waals surface area (Å²) in [5.74, 6) is -0.961. The van der Waals surface area contributed by atoms with Crippen LogP contribution in [0.3, 0.4) is 0 Å². The van der Waals surface area contributed by atoms with Gasteiger partial charge >= 0.3 is 5.97 Å². The highest BCUT2D eigenvalue weighted by Gasteiger charge is 2.28. The summed E-state index contributed by atoms with van der Waals surface area (Å²) in [5, 5.41) is 0. The van der Waals surface area contributed by atoms with Crippen LogP contribution in [0.4, 0.5) is 0 Å². The second-order valence-corrected chi connectivity index (χ2v) is 5.42. The highest BCUT2D eigenvalue weighted by atomic mass is 16.5. The van der Waals surface area contributed by atoms with E-state index in [9.17, 15) is 14.4 Å². The van der Waals surface area contributed by atoms with E-state index in [0.717, 1.165) is 0 Å². The minimum absolute atomic E-state index is 0.00507. The number of aryl methyl sites for hydroxylation is 1. The molecule has 0 spiro atoms. The van der Waals surface area contributed by atoms with Gasteiger partial charge in [0, 0.05) is 39.3 Å². The number of amides is 2. The molecule has 2 rings (SSSR count). The third-order valence-electron chi connectivity index (χ3n) is 3.66. The van der Waals surface area contributed by atoms with Gasteiger partial charge < -0.3 is 14.5 Å². The Morgan fingerprint density at radius 1 is 1.09 bits per heavy atom. The van der Waals surface area contributed by atoms with Crippen LogP contribution in [-0.2, 0) is 14.3 Å². The summed E-state index contributed by atoms with van der Waals surface area (Å²) in [6, 6.07) is 0. The fourth-order valence-electron chi connectivity index (χ4n) is 2.27. The largest absolute Gasteiger partial charge is 0.448 e. The van der Waals surface area contributed by atoms with Gasteiger partial charge in [0.25, 0.3) is 5.91 Å². The normalized spacial score (nSPS) is 16.0. The zero-order chi connectivity index (χ0) is 17.0. The second kappa shape index (κ2) is 7.17. The Bertz CT molecular complexity index is 594. The zero-order valence-corrected chi connectivity index (χ0v) is 13.5. The molecule has 8 heteroatoms. The van der Waals surface area contributed by atoms with E-state index in [1.165, 1.54) is 26.2 Å². The van der Waals surface area contributed by atoms with Gasteiger partial charge in [-0.05, 0) is 13.8 Å². The molecule has 1 saturated heterocycles. The van der Waals surface area contributed by atoms with Crippen LogP contribution in [-0.4, -0.2) is 69.8 Å². The summed E-state index contributed by atoms with van der Waals surface area (Å²) in [4.78, 5) is 46.7. The highest BCUT2D eigenvalue weighted by Crippen LogP contribution is 2.08. The van der Waals surface area contributed by atoms with Crippen LogP contribution in [0.15, 0.2) is 12.4 Å². The summed E-state index contributed by atoms with van der Waals surface area (Å²) in [6.07, 6.45) is 1.87. The molecule has 1 atom stereocenters. The fourth-order valence-corrected chi connectivity index (χ4v) is 2.27. The van der Waals surface area contributed by atoms with E-state index in [0.29, 0.717) is 31.9 Å². The van der Waals surface area contributed by atoms with E-state index in [1.54, 1.807) is 16.7 Å². The second-order valence-electron chi connectivity index (χ2n) is 5.42. The first-order valence-corrected chi connectivity index (χ1v) is 7.42. The van der Waals surface area contributed by atoms with E-state index in [2.05, 4.69) is 9.97 Å². The number of hydrogen-bond donors (Lipinski definition) is 0. The Hall–Kier alpha value is -2.51. The van der Waals surface area contributed by atoms with Crippen LogP contribution in [0.1, 0.15) is 30.0 Å². The monoisotopic (exact) mass is 320 g/mol. The van der Waals surface area contributed by atoms with Gasteiger partial charge in [0.2, 0.25) is 5.91 Å². The van der Waals surface area contributed by atoms with Crippen molar-refractivity contribution in [3.8, 4) is 0 Å². The van der Waals surface area contributed by atoms with Crippen molar-refractivity contribution in [2.75, 3.05) is 26.2 Å². The first kappa shape index (κ1) is 16.9. The number of esters is 1. The maximum Gasteiger partial charge on any atom is 0.359 e. The maximum atomic E-state index is 12.3. The van der Waals surface area contributed by atoms with Gasteiger partial charge in [0.15, 0.2) is 11.8 Å². The molecular weight excluding hydrogens is 300 g/mol. The van der Waals surface area contributed by atoms with Gasteiger partial charge in [0.1, 0.15) is 0 Å². The number of nitrogens with zero attached hydrogens (tertiary/aromatic N) is 4. The Labute approximate surface area is 134 Å². The number of hydrogen-bond acceptors (Lipinski definition) is 6. The SMILES string of the molecule is CC(=O)N1CCN(C(=O)[C@@H](C)OC(=O)c2cnc(C)cn2)CC1. The van der Waals surface area contributed by atoms with Crippen molar-refractivity contribution in [1.29, 1.82) is 0 Å². The van der Waals surface area contributed by atoms with Crippen molar-refractivity contribution >= 4 is 17.8 Å². The van der Waals surface area contributed by atoms with Crippen molar-refractivity contribution in [2.24, 2.45) is 0 Å². The molecule has 1 aromatic rings. The molecule has 1 fully saturated rings. The molecule has 1 aliphatic heterocycles. The van der Waals surface area contributed by atoms with Crippen LogP contribution in [0.5, 0.6) is 0 Å².